The second-order valence-electron chi connectivity index (χ2n) is 9.19. The minimum absolute atomic E-state index is 0.0199. The van der Waals surface area contributed by atoms with Crippen molar-refractivity contribution in [2.75, 3.05) is 32.8 Å². The van der Waals surface area contributed by atoms with E-state index in [1.54, 1.807) is 30.3 Å². The summed E-state index contributed by atoms with van der Waals surface area (Å²) in [5.74, 6) is -0.758. The molecule has 1 saturated heterocycles. The van der Waals surface area contributed by atoms with Crippen molar-refractivity contribution in [3.63, 3.8) is 0 Å². The fraction of sp³-hybridized carbons (Fsp3) is 0.276. The van der Waals surface area contributed by atoms with Gasteiger partial charge in [-0.3, -0.25) is 9.59 Å². The van der Waals surface area contributed by atoms with E-state index in [0.29, 0.717) is 11.5 Å². The highest BCUT2D eigenvalue weighted by Crippen LogP contribution is 2.31. The number of rotatable bonds is 10. The third kappa shape index (κ3) is 5.70. The molecule has 1 unspecified atom stereocenters. The summed E-state index contributed by atoms with van der Waals surface area (Å²) in [5.41, 5.74) is 2.12. The molecule has 10 nitrogen and oxygen atoms in total. The normalized spacial score (nSPS) is 15.4. The molecule has 0 saturated carbocycles. The van der Waals surface area contributed by atoms with Crippen LogP contribution in [0.15, 0.2) is 71.6 Å². The van der Waals surface area contributed by atoms with Crippen LogP contribution in [0.3, 0.4) is 0 Å². The first-order valence-corrected chi connectivity index (χ1v) is 13.9. The number of esters is 1. The predicted octanol–water partition coefficient (Wildman–Crippen LogP) is 3.36. The van der Waals surface area contributed by atoms with E-state index < -0.39 is 33.8 Å². The average molecular weight is 567 g/mol. The van der Waals surface area contributed by atoms with Gasteiger partial charge in [-0.15, -0.1) is 0 Å². The largest absolute Gasteiger partial charge is 0.493 e. The molecule has 1 aliphatic rings. The van der Waals surface area contributed by atoms with Gasteiger partial charge < -0.3 is 14.2 Å². The van der Waals surface area contributed by atoms with Crippen LogP contribution in [0.2, 0.25) is 0 Å². The highest BCUT2D eigenvalue weighted by molar-refractivity contribution is 7.89. The maximum absolute atomic E-state index is 13.9. The Hall–Kier alpha value is -4.22. The summed E-state index contributed by atoms with van der Waals surface area (Å²) in [6.45, 7) is 1.78. The van der Waals surface area contributed by atoms with Crippen molar-refractivity contribution in [1.82, 2.24) is 4.31 Å². The molecule has 0 radical (unpaired) electrons. The molecule has 1 heterocycles. The van der Waals surface area contributed by atoms with Crippen LogP contribution in [0.25, 0.3) is 0 Å². The predicted molar refractivity (Wildman–Crippen MR) is 147 cm³/mol. The van der Waals surface area contributed by atoms with Gasteiger partial charge in [0, 0.05) is 6.54 Å². The molecule has 1 aliphatic heterocycles. The Morgan fingerprint density at radius 3 is 2.17 bits per heavy atom. The summed E-state index contributed by atoms with van der Waals surface area (Å²) in [7, 11) is 0.106. The van der Waals surface area contributed by atoms with E-state index in [-0.39, 0.29) is 35.5 Å². The highest BCUT2D eigenvalue weighted by atomic mass is 32.2. The number of carbonyl (C=O) groups is 3. The maximum atomic E-state index is 13.9. The average Bonchev–Trinajstić information content (AvgIpc) is 3.25. The number of anilines is 1. The van der Waals surface area contributed by atoms with Gasteiger partial charge in [-0.25, -0.2) is 18.1 Å². The molecule has 1 fully saturated rings. The zero-order valence-corrected chi connectivity index (χ0v) is 23.4. The molecule has 0 N–H and O–H groups in total. The molecular weight excluding hydrogens is 536 g/mol. The fourth-order valence-electron chi connectivity index (χ4n) is 4.54. The summed E-state index contributed by atoms with van der Waals surface area (Å²) in [5, 5.41) is 0. The van der Waals surface area contributed by atoms with Crippen LogP contribution in [-0.4, -0.2) is 64.4 Å². The lowest BCUT2D eigenvalue weighted by Gasteiger charge is -2.27. The Kier molecular flexibility index (Phi) is 8.55. The quantitative estimate of drug-likeness (QED) is 0.271. The van der Waals surface area contributed by atoms with E-state index in [9.17, 15) is 22.8 Å². The molecule has 0 aliphatic carbocycles. The summed E-state index contributed by atoms with van der Waals surface area (Å²) < 4.78 is 44.2. The topological polar surface area (TPSA) is 120 Å². The smallest absolute Gasteiger partial charge is 0.337 e. The van der Waals surface area contributed by atoms with Crippen LogP contribution in [0.1, 0.15) is 27.9 Å². The Morgan fingerprint density at radius 1 is 0.925 bits per heavy atom. The molecule has 11 heteroatoms. The number of carbonyl (C=O) groups excluding carboxylic acids is 3. The molecule has 3 aromatic carbocycles. The Bertz CT molecular complexity index is 1520. The number of benzene rings is 3. The zero-order valence-electron chi connectivity index (χ0n) is 22.6. The van der Waals surface area contributed by atoms with E-state index in [1.807, 2.05) is 6.92 Å². The summed E-state index contributed by atoms with van der Waals surface area (Å²) >= 11 is 0. The lowest BCUT2D eigenvalue weighted by atomic mass is 10.1. The van der Waals surface area contributed by atoms with Gasteiger partial charge in [0.05, 0.1) is 43.9 Å². The number of hydrogen-bond donors (Lipinski definition) is 0. The van der Waals surface area contributed by atoms with E-state index in [1.165, 1.54) is 57.7 Å². The first-order valence-electron chi connectivity index (χ1n) is 12.4. The van der Waals surface area contributed by atoms with Crippen LogP contribution in [0.4, 0.5) is 5.69 Å². The van der Waals surface area contributed by atoms with Crippen LogP contribution in [-0.2, 0) is 30.8 Å². The van der Waals surface area contributed by atoms with Gasteiger partial charge in [0.1, 0.15) is 6.04 Å². The van der Waals surface area contributed by atoms with Crippen molar-refractivity contribution in [2.45, 2.75) is 30.7 Å². The molecule has 2 amide bonds. The number of sulfonamides is 1. The van der Waals surface area contributed by atoms with E-state index in [2.05, 4.69) is 0 Å². The molecule has 1 atom stereocenters. The molecule has 0 bridgehead atoms. The van der Waals surface area contributed by atoms with Gasteiger partial charge in [0.15, 0.2) is 11.5 Å². The van der Waals surface area contributed by atoms with Crippen LogP contribution >= 0.6 is 0 Å². The van der Waals surface area contributed by atoms with Gasteiger partial charge in [-0.05, 0) is 67.4 Å². The third-order valence-electron chi connectivity index (χ3n) is 6.71. The fourth-order valence-corrected chi connectivity index (χ4v) is 6.12. The van der Waals surface area contributed by atoms with Crippen molar-refractivity contribution >= 4 is 33.5 Å². The molecule has 0 spiro atoms. The van der Waals surface area contributed by atoms with Crippen molar-refractivity contribution in [2.24, 2.45) is 0 Å². The first-order chi connectivity index (χ1) is 19.1. The maximum Gasteiger partial charge on any atom is 0.337 e. The zero-order chi connectivity index (χ0) is 29.0. The molecule has 0 aromatic heterocycles. The molecule has 4 rings (SSSR count). The van der Waals surface area contributed by atoms with Crippen LogP contribution < -0.4 is 14.4 Å². The Morgan fingerprint density at radius 2 is 1.57 bits per heavy atom. The van der Waals surface area contributed by atoms with E-state index in [0.717, 1.165) is 20.3 Å². The number of imide groups is 1. The van der Waals surface area contributed by atoms with Crippen LogP contribution in [0, 0.1) is 6.92 Å². The first kappa shape index (κ1) is 28.8. The summed E-state index contributed by atoms with van der Waals surface area (Å²) in [4.78, 5) is 39.5. The second-order valence-corrected chi connectivity index (χ2v) is 11.1. The Labute approximate surface area is 233 Å². The number of aryl methyl sites for hydroxylation is 1. The monoisotopic (exact) mass is 566 g/mol. The minimum Gasteiger partial charge on any atom is -0.493 e. The summed E-state index contributed by atoms with van der Waals surface area (Å²) in [6.07, 6.45) is -0.0775. The van der Waals surface area contributed by atoms with Crippen molar-refractivity contribution in [1.29, 1.82) is 0 Å². The number of methoxy groups -OCH3 is 3. The van der Waals surface area contributed by atoms with Crippen molar-refractivity contribution in [3.8, 4) is 11.5 Å². The Balaban J connectivity index is 1.67. The van der Waals surface area contributed by atoms with Crippen LogP contribution in [0.5, 0.6) is 11.5 Å². The van der Waals surface area contributed by atoms with E-state index in [4.69, 9.17) is 14.2 Å². The van der Waals surface area contributed by atoms with E-state index >= 15 is 0 Å². The van der Waals surface area contributed by atoms with Gasteiger partial charge in [0.25, 0.3) is 5.91 Å². The van der Waals surface area contributed by atoms with Gasteiger partial charge in [-0.1, -0.05) is 23.8 Å². The number of nitrogens with zero attached hydrogens (tertiary/aromatic N) is 2. The molecule has 3 aromatic rings. The minimum atomic E-state index is -4.17. The molecule has 210 valence electrons. The van der Waals surface area contributed by atoms with Gasteiger partial charge in [-0.2, -0.15) is 4.31 Å². The number of hydrogen-bond acceptors (Lipinski definition) is 8. The third-order valence-corrected chi connectivity index (χ3v) is 8.64. The standard InChI is InChI=1S/C29H30N2O8S/c1-19-5-12-23(13-6-19)40(35,36)30(16-15-20-7-14-25(37-2)26(17-20)38-3)24-18-27(32)31(28(24)33)22-10-8-21(9-11-22)29(34)39-4/h5-14,17,24H,15-16,18H2,1-4H3. The molecule has 40 heavy (non-hydrogen) atoms. The highest BCUT2D eigenvalue weighted by Gasteiger charge is 2.46. The lowest BCUT2D eigenvalue weighted by Crippen LogP contribution is -2.46. The van der Waals surface area contributed by atoms with Crippen molar-refractivity contribution in [3.05, 3.63) is 83.4 Å². The summed E-state index contributed by atoms with van der Waals surface area (Å²) in [6, 6.07) is 16.1. The van der Waals surface area contributed by atoms with Crippen molar-refractivity contribution < 1.29 is 37.0 Å². The lowest BCUT2D eigenvalue weighted by molar-refractivity contribution is -0.122. The number of ether oxygens (including phenoxy) is 3. The number of amides is 2. The second kappa shape index (κ2) is 11.9. The van der Waals surface area contributed by atoms with Gasteiger partial charge in [0.2, 0.25) is 15.9 Å². The molecular formula is C29H30N2O8S. The van der Waals surface area contributed by atoms with Gasteiger partial charge >= 0.3 is 5.97 Å². The SMILES string of the molecule is COC(=O)c1ccc(N2C(=O)CC(N(CCc3ccc(OC)c(OC)c3)S(=O)(=O)c3ccc(C)cc3)C2=O)cc1.